The average Bonchev–Trinajstić information content (AvgIpc) is 3.04. The van der Waals surface area contributed by atoms with Gasteiger partial charge in [-0.3, -0.25) is 4.79 Å². The van der Waals surface area contributed by atoms with Crippen LogP contribution >= 0.6 is 23.1 Å². The number of carbonyl (C=O) groups excluding carboxylic acids is 1. The van der Waals surface area contributed by atoms with Crippen molar-refractivity contribution in [2.24, 2.45) is 5.73 Å². The van der Waals surface area contributed by atoms with Crippen molar-refractivity contribution < 1.29 is 14.7 Å². The monoisotopic (exact) mass is 315 g/mol. The second-order valence-corrected chi connectivity index (χ2v) is 6.63. The number of hydrogen-bond donors (Lipinski definition) is 2. The van der Waals surface area contributed by atoms with E-state index in [2.05, 4.69) is 4.98 Å². The lowest BCUT2D eigenvalue weighted by Crippen LogP contribution is -2.45. The maximum Gasteiger partial charge on any atom is 0.327 e. The first-order valence-electron chi connectivity index (χ1n) is 6.40. The van der Waals surface area contributed by atoms with Crippen molar-refractivity contribution in [1.82, 2.24) is 9.88 Å². The number of thiazole rings is 1. The van der Waals surface area contributed by atoms with E-state index in [1.54, 1.807) is 5.38 Å². The molecule has 1 aliphatic heterocycles. The first-order chi connectivity index (χ1) is 9.58. The number of rotatable bonds is 5. The highest BCUT2D eigenvalue weighted by Gasteiger charge is 2.42. The Hall–Kier alpha value is -1.12. The van der Waals surface area contributed by atoms with Crippen LogP contribution in [0.5, 0.6) is 0 Å². The largest absolute Gasteiger partial charge is 0.480 e. The number of nitrogens with zero attached hydrogens (tertiary/aromatic N) is 2. The van der Waals surface area contributed by atoms with Crippen molar-refractivity contribution >= 4 is 35.0 Å². The Morgan fingerprint density at radius 3 is 2.90 bits per heavy atom. The van der Waals surface area contributed by atoms with Gasteiger partial charge in [0.05, 0.1) is 5.37 Å². The van der Waals surface area contributed by atoms with Crippen molar-refractivity contribution in [1.29, 1.82) is 0 Å². The molecular formula is C12H17N3O3S2. The maximum atomic E-state index is 12.5. The quantitative estimate of drug-likeness (QED) is 0.852. The molecule has 1 fully saturated rings. The predicted octanol–water partition coefficient (Wildman–Crippen LogP) is 1.37. The summed E-state index contributed by atoms with van der Waals surface area (Å²) in [6.45, 7) is 2.31. The van der Waals surface area contributed by atoms with Crippen LogP contribution in [-0.4, -0.2) is 44.0 Å². The third-order valence-corrected chi connectivity index (χ3v) is 5.32. The normalized spacial score (nSPS) is 22.2. The molecule has 2 heterocycles. The minimum absolute atomic E-state index is 0.0865. The fourth-order valence-corrected chi connectivity index (χ4v) is 4.29. The molecule has 0 spiro atoms. The molecule has 1 aliphatic rings. The van der Waals surface area contributed by atoms with Crippen molar-refractivity contribution in [3.63, 3.8) is 0 Å². The minimum Gasteiger partial charge on any atom is -0.480 e. The summed E-state index contributed by atoms with van der Waals surface area (Å²) in [4.78, 5) is 29.5. The molecule has 20 heavy (non-hydrogen) atoms. The van der Waals surface area contributed by atoms with Crippen LogP contribution in [-0.2, 0) is 11.3 Å². The van der Waals surface area contributed by atoms with Gasteiger partial charge in [0.2, 0.25) is 0 Å². The van der Waals surface area contributed by atoms with Crippen molar-refractivity contribution in [3.05, 3.63) is 16.1 Å². The molecule has 3 N–H and O–H groups in total. The Bertz CT molecular complexity index is 506. The van der Waals surface area contributed by atoms with Crippen LogP contribution in [0.25, 0.3) is 0 Å². The smallest absolute Gasteiger partial charge is 0.327 e. The Kier molecular flexibility index (Phi) is 5.00. The van der Waals surface area contributed by atoms with E-state index in [1.165, 1.54) is 28.0 Å². The molecule has 1 saturated heterocycles. The zero-order chi connectivity index (χ0) is 14.7. The van der Waals surface area contributed by atoms with Crippen LogP contribution in [0.15, 0.2) is 5.38 Å². The molecule has 1 aromatic rings. The molecule has 0 saturated carbocycles. The van der Waals surface area contributed by atoms with Crippen LogP contribution in [0.4, 0.5) is 0 Å². The number of thioether (sulfide) groups is 1. The summed E-state index contributed by atoms with van der Waals surface area (Å²) in [5.74, 6) is -0.838. The summed E-state index contributed by atoms with van der Waals surface area (Å²) in [7, 11) is 0. The fraction of sp³-hybridized carbons (Fsp3) is 0.583. The Labute approximate surface area is 125 Å². The molecular weight excluding hydrogens is 298 g/mol. The van der Waals surface area contributed by atoms with Crippen molar-refractivity contribution in [3.8, 4) is 0 Å². The van der Waals surface area contributed by atoms with Crippen LogP contribution in [0, 0.1) is 0 Å². The molecule has 1 aromatic heterocycles. The molecule has 1 amide bonds. The molecule has 8 heteroatoms. The second-order valence-electron chi connectivity index (χ2n) is 4.47. The zero-order valence-corrected chi connectivity index (χ0v) is 12.7. The molecule has 0 radical (unpaired) electrons. The molecule has 6 nitrogen and oxygen atoms in total. The van der Waals surface area contributed by atoms with E-state index in [1.807, 2.05) is 6.92 Å². The highest BCUT2D eigenvalue weighted by molar-refractivity contribution is 8.00. The van der Waals surface area contributed by atoms with Gasteiger partial charge in [0.15, 0.2) is 0 Å². The summed E-state index contributed by atoms with van der Waals surface area (Å²) in [5, 5.41) is 11.5. The van der Waals surface area contributed by atoms with Gasteiger partial charge in [0.1, 0.15) is 16.7 Å². The Balaban J connectivity index is 2.24. The van der Waals surface area contributed by atoms with E-state index >= 15 is 0 Å². The first kappa shape index (κ1) is 15.3. The van der Waals surface area contributed by atoms with Crippen LogP contribution in [0.3, 0.4) is 0 Å². The van der Waals surface area contributed by atoms with Gasteiger partial charge >= 0.3 is 5.97 Å². The highest BCUT2D eigenvalue weighted by atomic mass is 32.2. The SMILES string of the molecule is CCCC1SCC(C(=O)O)N1C(=O)c1csc(CN)n1. The number of hydrogen-bond acceptors (Lipinski definition) is 6. The molecule has 110 valence electrons. The van der Waals surface area contributed by atoms with Gasteiger partial charge < -0.3 is 15.7 Å². The van der Waals surface area contributed by atoms with E-state index < -0.39 is 12.0 Å². The van der Waals surface area contributed by atoms with Crippen molar-refractivity contribution in [2.45, 2.75) is 37.7 Å². The zero-order valence-electron chi connectivity index (χ0n) is 11.1. The van der Waals surface area contributed by atoms with Crippen LogP contribution < -0.4 is 5.73 Å². The van der Waals surface area contributed by atoms with Crippen LogP contribution in [0.1, 0.15) is 35.3 Å². The lowest BCUT2D eigenvalue weighted by atomic mass is 10.2. The molecule has 2 unspecified atom stereocenters. The highest BCUT2D eigenvalue weighted by Crippen LogP contribution is 2.33. The fourth-order valence-electron chi connectivity index (χ4n) is 2.13. The Morgan fingerprint density at radius 1 is 1.60 bits per heavy atom. The summed E-state index contributed by atoms with van der Waals surface area (Å²) < 4.78 is 0. The summed E-state index contributed by atoms with van der Waals surface area (Å²) in [6, 6.07) is -0.771. The van der Waals surface area contributed by atoms with Gasteiger partial charge in [-0.15, -0.1) is 23.1 Å². The lowest BCUT2D eigenvalue weighted by molar-refractivity contribution is -0.141. The number of carboxylic acid groups (broad SMARTS) is 1. The number of aromatic nitrogens is 1. The van der Waals surface area contributed by atoms with Gasteiger partial charge in [-0.1, -0.05) is 13.3 Å². The number of aliphatic carboxylic acids is 1. The topological polar surface area (TPSA) is 96.5 Å². The van der Waals surface area contributed by atoms with Gasteiger partial charge in [-0.25, -0.2) is 9.78 Å². The van der Waals surface area contributed by atoms with E-state index in [0.717, 1.165) is 12.8 Å². The van der Waals surface area contributed by atoms with E-state index in [0.29, 0.717) is 16.5 Å². The third kappa shape index (κ3) is 2.97. The number of carbonyl (C=O) groups is 2. The van der Waals surface area contributed by atoms with Gasteiger partial charge in [-0.2, -0.15) is 0 Å². The lowest BCUT2D eigenvalue weighted by Gasteiger charge is -2.26. The maximum absolute atomic E-state index is 12.5. The molecule has 0 aromatic carbocycles. The Morgan fingerprint density at radius 2 is 2.35 bits per heavy atom. The molecule has 0 bridgehead atoms. The molecule has 2 rings (SSSR count). The number of carboxylic acids is 1. The van der Waals surface area contributed by atoms with E-state index in [-0.39, 0.29) is 17.8 Å². The van der Waals surface area contributed by atoms with E-state index in [4.69, 9.17) is 5.73 Å². The average molecular weight is 315 g/mol. The van der Waals surface area contributed by atoms with Gasteiger partial charge in [-0.05, 0) is 6.42 Å². The molecule has 0 aliphatic carbocycles. The number of nitrogens with two attached hydrogens (primary N) is 1. The van der Waals surface area contributed by atoms with Gasteiger partial charge in [0, 0.05) is 17.7 Å². The summed E-state index contributed by atoms with van der Waals surface area (Å²) in [6.07, 6.45) is 1.69. The second kappa shape index (κ2) is 6.55. The summed E-state index contributed by atoms with van der Waals surface area (Å²) >= 11 is 2.85. The van der Waals surface area contributed by atoms with Crippen molar-refractivity contribution in [2.75, 3.05) is 5.75 Å². The van der Waals surface area contributed by atoms with Crippen LogP contribution in [0.2, 0.25) is 0 Å². The minimum atomic E-state index is -0.960. The summed E-state index contributed by atoms with van der Waals surface area (Å²) in [5.41, 5.74) is 5.79. The predicted molar refractivity (Wildman–Crippen MR) is 78.8 cm³/mol. The third-order valence-electron chi connectivity index (χ3n) is 3.09. The number of amides is 1. The standard InChI is InChI=1S/C12H17N3O3S2/c1-2-3-10-15(8(6-20-10)12(17)18)11(16)7-5-19-9(4-13)14-7/h5,8,10H,2-4,6,13H2,1H3,(H,17,18). The first-order valence-corrected chi connectivity index (χ1v) is 8.32. The van der Waals surface area contributed by atoms with Gasteiger partial charge in [0.25, 0.3) is 5.91 Å². The molecule has 2 atom stereocenters. The van der Waals surface area contributed by atoms with E-state index in [9.17, 15) is 14.7 Å².